The van der Waals surface area contributed by atoms with Crippen LogP contribution in [0.2, 0.25) is 0 Å². The summed E-state index contributed by atoms with van der Waals surface area (Å²) < 4.78 is 15.2. The molecule has 0 bridgehead atoms. The van der Waals surface area contributed by atoms with Gasteiger partial charge in [0.15, 0.2) is 0 Å². The van der Waals surface area contributed by atoms with Gasteiger partial charge in [0.2, 0.25) is 0 Å². The summed E-state index contributed by atoms with van der Waals surface area (Å²) in [5.74, 6) is 0. The molecular formula is C40H34BNO2. The van der Waals surface area contributed by atoms with Crippen molar-refractivity contribution in [3.05, 3.63) is 133 Å². The van der Waals surface area contributed by atoms with Gasteiger partial charge in [0.25, 0.3) is 0 Å². The van der Waals surface area contributed by atoms with E-state index in [2.05, 4.69) is 166 Å². The lowest BCUT2D eigenvalue weighted by molar-refractivity contribution is 0.00578. The predicted octanol–water partition coefficient (Wildman–Crippen LogP) is 9.57. The third-order valence-electron chi connectivity index (χ3n) is 9.64. The number of aromatic nitrogens is 1. The summed E-state index contributed by atoms with van der Waals surface area (Å²) in [6.07, 6.45) is 0. The Morgan fingerprint density at radius 2 is 1.09 bits per heavy atom. The van der Waals surface area contributed by atoms with Gasteiger partial charge in [-0.3, -0.25) is 0 Å². The molecule has 1 aliphatic heterocycles. The Morgan fingerprint density at radius 1 is 0.500 bits per heavy atom. The number of nitrogens with zero attached hydrogens (tertiary/aromatic N) is 1. The van der Waals surface area contributed by atoms with E-state index >= 15 is 0 Å². The molecule has 0 spiro atoms. The largest absolute Gasteiger partial charge is 0.494 e. The van der Waals surface area contributed by atoms with Crippen molar-refractivity contribution in [1.29, 1.82) is 0 Å². The minimum Gasteiger partial charge on any atom is -0.399 e. The number of fused-ring (bicyclic) bond motifs is 5. The molecular weight excluding hydrogens is 537 g/mol. The number of rotatable bonds is 4. The zero-order chi connectivity index (χ0) is 30.1. The molecule has 0 unspecified atom stereocenters. The van der Waals surface area contributed by atoms with Crippen molar-refractivity contribution in [2.45, 2.75) is 38.9 Å². The van der Waals surface area contributed by atoms with E-state index in [1.807, 2.05) is 0 Å². The molecule has 0 atom stereocenters. The Kier molecular flexibility index (Phi) is 6.10. The molecule has 7 aromatic rings. The minimum absolute atomic E-state index is 0.383. The van der Waals surface area contributed by atoms with Gasteiger partial charge in [0, 0.05) is 16.5 Å². The maximum Gasteiger partial charge on any atom is 0.494 e. The Morgan fingerprint density at radius 3 is 1.75 bits per heavy atom. The van der Waals surface area contributed by atoms with E-state index in [1.165, 1.54) is 54.8 Å². The SMILES string of the molecule is CC1(C)OB(c2ccc(-n3c4cc(-c5ccccc5)ccc4c4c5ccccc5c(-c5ccccc5)cc43)cc2)OC1(C)C. The number of benzene rings is 6. The van der Waals surface area contributed by atoms with Gasteiger partial charge in [-0.25, -0.2) is 0 Å². The van der Waals surface area contributed by atoms with Gasteiger partial charge in [-0.05, 0) is 90.4 Å². The molecule has 1 saturated heterocycles. The summed E-state index contributed by atoms with van der Waals surface area (Å²) in [7, 11) is -0.398. The normalized spacial score (nSPS) is 15.9. The maximum absolute atomic E-state index is 6.37. The van der Waals surface area contributed by atoms with Gasteiger partial charge in [0.1, 0.15) is 0 Å². The first kappa shape index (κ1) is 27.0. The first-order valence-corrected chi connectivity index (χ1v) is 15.4. The monoisotopic (exact) mass is 571 g/mol. The third kappa shape index (κ3) is 4.21. The van der Waals surface area contributed by atoms with E-state index in [0.29, 0.717) is 0 Å². The van der Waals surface area contributed by atoms with E-state index in [9.17, 15) is 0 Å². The van der Waals surface area contributed by atoms with Gasteiger partial charge in [-0.1, -0.05) is 109 Å². The van der Waals surface area contributed by atoms with Gasteiger partial charge in [-0.2, -0.15) is 0 Å². The highest BCUT2D eigenvalue weighted by Gasteiger charge is 2.51. The lowest BCUT2D eigenvalue weighted by Crippen LogP contribution is -2.41. The van der Waals surface area contributed by atoms with Gasteiger partial charge in [-0.15, -0.1) is 0 Å². The summed E-state index contributed by atoms with van der Waals surface area (Å²) in [6.45, 7) is 8.38. The molecule has 2 heterocycles. The molecule has 0 saturated carbocycles. The molecule has 1 aromatic heterocycles. The summed E-state index contributed by atoms with van der Waals surface area (Å²) in [4.78, 5) is 0. The van der Waals surface area contributed by atoms with Crippen molar-refractivity contribution in [3.63, 3.8) is 0 Å². The molecule has 0 aliphatic carbocycles. The van der Waals surface area contributed by atoms with Crippen molar-refractivity contribution in [2.75, 3.05) is 0 Å². The summed E-state index contributed by atoms with van der Waals surface area (Å²) >= 11 is 0. The molecule has 6 aromatic carbocycles. The van der Waals surface area contributed by atoms with Crippen LogP contribution in [0.25, 0.3) is 60.5 Å². The highest BCUT2D eigenvalue weighted by molar-refractivity contribution is 6.62. The van der Waals surface area contributed by atoms with Gasteiger partial charge >= 0.3 is 7.12 Å². The third-order valence-corrected chi connectivity index (χ3v) is 9.64. The Hall–Kier alpha value is -4.64. The van der Waals surface area contributed by atoms with E-state index < -0.39 is 7.12 Å². The van der Waals surface area contributed by atoms with Crippen molar-refractivity contribution < 1.29 is 9.31 Å². The van der Waals surface area contributed by atoms with E-state index in [-0.39, 0.29) is 11.2 Å². The van der Waals surface area contributed by atoms with Crippen molar-refractivity contribution in [3.8, 4) is 27.9 Å². The van der Waals surface area contributed by atoms with Crippen LogP contribution in [0.4, 0.5) is 0 Å². The zero-order valence-electron chi connectivity index (χ0n) is 25.5. The highest BCUT2D eigenvalue weighted by atomic mass is 16.7. The van der Waals surface area contributed by atoms with Gasteiger partial charge in [0.05, 0.1) is 22.2 Å². The van der Waals surface area contributed by atoms with Crippen LogP contribution in [0.3, 0.4) is 0 Å². The second-order valence-electron chi connectivity index (χ2n) is 12.8. The summed E-state index contributed by atoms with van der Waals surface area (Å²) in [5.41, 5.74) is 8.57. The standard InChI is InChI=1S/C40H34BNO2/c1-39(2)40(3,4)44-41(43-39)30-20-22-31(23-21-30)42-36-25-29(27-13-7-5-8-14-27)19-24-34(36)38-33-18-12-11-17-32(33)35(26-37(38)42)28-15-9-6-10-16-28/h5-26H,1-4H3. The van der Waals surface area contributed by atoms with Crippen LogP contribution in [-0.4, -0.2) is 22.9 Å². The van der Waals surface area contributed by atoms with Crippen LogP contribution in [0.15, 0.2) is 133 Å². The second-order valence-corrected chi connectivity index (χ2v) is 12.8. The van der Waals surface area contributed by atoms with E-state index in [4.69, 9.17) is 9.31 Å². The second kappa shape index (κ2) is 9.95. The molecule has 1 aliphatic rings. The summed E-state index contributed by atoms with van der Waals surface area (Å²) in [5, 5.41) is 5.03. The van der Waals surface area contributed by atoms with Crippen LogP contribution in [0.5, 0.6) is 0 Å². The molecule has 4 heteroatoms. The van der Waals surface area contributed by atoms with Crippen LogP contribution < -0.4 is 5.46 Å². The fourth-order valence-electron chi connectivity index (χ4n) is 6.58. The van der Waals surface area contributed by atoms with Crippen LogP contribution in [-0.2, 0) is 9.31 Å². The lowest BCUT2D eigenvalue weighted by atomic mass is 9.79. The van der Waals surface area contributed by atoms with Crippen LogP contribution in [0.1, 0.15) is 27.7 Å². The Labute approximate surface area is 258 Å². The van der Waals surface area contributed by atoms with Gasteiger partial charge < -0.3 is 13.9 Å². The fraction of sp³-hybridized carbons (Fsp3) is 0.150. The molecule has 0 radical (unpaired) electrons. The van der Waals surface area contributed by atoms with Crippen molar-refractivity contribution in [2.24, 2.45) is 0 Å². The molecule has 0 N–H and O–H groups in total. The number of hydrogen-bond donors (Lipinski definition) is 0. The van der Waals surface area contributed by atoms with Crippen LogP contribution in [0, 0.1) is 0 Å². The maximum atomic E-state index is 6.37. The fourth-order valence-corrected chi connectivity index (χ4v) is 6.58. The average molecular weight is 572 g/mol. The average Bonchev–Trinajstić information content (AvgIpc) is 3.49. The zero-order valence-corrected chi connectivity index (χ0v) is 25.5. The molecule has 1 fully saturated rings. The molecule has 3 nitrogen and oxygen atoms in total. The topological polar surface area (TPSA) is 23.4 Å². The predicted molar refractivity (Wildman–Crippen MR) is 185 cm³/mol. The molecule has 44 heavy (non-hydrogen) atoms. The lowest BCUT2D eigenvalue weighted by Gasteiger charge is -2.32. The smallest absolute Gasteiger partial charge is 0.399 e. The first-order chi connectivity index (χ1) is 21.3. The van der Waals surface area contributed by atoms with Crippen LogP contribution >= 0.6 is 0 Å². The summed E-state index contributed by atoms with van der Waals surface area (Å²) in [6, 6.07) is 48.1. The molecule has 8 rings (SSSR count). The van der Waals surface area contributed by atoms with Crippen molar-refractivity contribution in [1.82, 2.24) is 4.57 Å². The quantitative estimate of drug-likeness (QED) is 0.197. The first-order valence-electron chi connectivity index (χ1n) is 15.4. The van der Waals surface area contributed by atoms with Crippen molar-refractivity contribution >= 4 is 45.2 Å². The number of hydrogen-bond acceptors (Lipinski definition) is 2. The van der Waals surface area contributed by atoms with E-state index in [0.717, 1.165) is 11.2 Å². The van der Waals surface area contributed by atoms with E-state index in [1.54, 1.807) is 0 Å². The molecule has 0 amide bonds. The molecule has 214 valence electrons. The highest BCUT2D eigenvalue weighted by Crippen LogP contribution is 2.42. The Balaban J connectivity index is 1.39. The Bertz CT molecular complexity index is 2150. The minimum atomic E-state index is -0.398.